The Kier molecular flexibility index (Phi) is 28.5. The van der Waals surface area contributed by atoms with Crippen molar-refractivity contribution in [3.63, 3.8) is 0 Å². The van der Waals surface area contributed by atoms with E-state index in [0.717, 1.165) is 32.1 Å². The van der Waals surface area contributed by atoms with Crippen molar-refractivity contribution in [3.05, 3.63) is 0 Å². The fraction of sp³-hybridized carbons (Fsp3) is 0.800. The van der Waals surface area contributed by atoms with Crippen LogP contribution in [0.15, 0.2) is 0 Å². The first kappa shape index (κ1) is 62.7. The number of carboxylic acids is 2. The predicted octanol–water partition coefficient (Wildman–Crippen LogP) is 3.87. The average Bonchev–Trinajstić information content (AvgIpc) is 3.24. The Labute approximate surface area is 415 Å². The van der Waals surface area contributed by atoms with Gasteiger partial charge in [0, 0.05) is 6.42 Å². The molecule has 400 valence electrons. The van der Waals surface area contributed by atoms with Gasteiger partial charge in [-0.2, -0.15) is 0 Å². The van der Waals surface area contributed by atoms with Crippen molar-refractivity contribution < 1.29 is 62.9 Å². The third-order valence-electron chi connectivity index (χ3n) is 12.2. The van der Waals surface area contributed by atoms with E-state index in [1.165, 1.54) is 0 Å². The smallest absolute Gasteiger partial charge is 0.329 e. The van der Waals surface area contributed by atoms with Crippen molar-refractivity contribution in [2.45, 2.75) is 221 Å². The number of nitrogens with one attached hydrogen (secondary N) is 7. The number of carbonyl (C=O) groups excluding carboxylic acids is 8. The van der Waals surface area contributed by atoms with E-state index >= 15 is 0 Å². The lowest BCUT2D eigenvalue weighted by Crippen LogP contribution is -2.61. The number of cyclic esters (lactones) is 1. The predicted molar refractivity (Wildman–Crippen MR) is 262 cm³/mol. The minimum absolute atomic E-state index is 0.0350. The molecule has 9 atom stereocenters. The Morgan fingerprint density at radius 2 is 0.943 bits per heavy atom. The largest absolute Gasteiger partial charge is 0.481 e. The van der Waals surface area contributed by atoms with Gasteiger partial charge in [0.2, 0.25) is 41.4 Å². The van der Waals surface area contributed by atoms with Crippen molar-refractivity contribution in [1.82, 2.24) is 37.2 Å². The highest BCUT2D eigenvalue weighted by molar-refractivity contribution is 5.98. The number of carboxylic acid groups (broad SMARTS) is 2. The summed E-state index contributed by atoms with van der Waals surface area (Å²) in [5.74, 6) is -10.7. The van der Waals surface area contributed by atoms with Crippen molar-refractivity contribution in [1.29, 1.82) is 0 Å². The normalized spacial score (nSPS) is 24.9. The number of carbonyl (C=O) groups is 10. The molecular formula is C50H87N7O13. The molecule has 1 fully saturated rings. The summed E-state index contributed by atoms with van der Waals surface area (Å²) in [6.45, 7) is 21.6. The molecular weight excluding hydrogens is 907 g/mol. The van der Waals surface area contributed by atoms with Gasteiger partial charge in [0.05, 0.1) is 12.8 Å². The van der Waals surface area contributed by atoms with E-state index in [2.05, 4.69) is 51.1 Å². The molecule has 1 rings (SSSR count). The monoisotopic (exact) mass is 994 g/mol. The van der Waals surface area contributed by atoms with Gasteiger partial charge in [0.25, 0.3) is 0 Å². The van der Waals surface area contributed by atoms with Gasteiger partial charge in [-0.3, -0.25) is 43.2 Å². The van der Waals surface area contributed by atoms with Gasteiger partial charge in [-0.15, -0.1) is 0 Å². The molecule has 0 aromatic rings. The number of rotatable bonds is 21. The molecule has 0 saturated carbocycles. The minimum atomic E-state index is -1.72. The fourth-order valence-corrected chi connectivity index (χ4v) is 7.97. The SMILES string of the molecule is CCC(C)CCCCCCC1CC(=O)N[C@H](CCC(=O)O)C(=O)N[C@@H](CC(C)C)C(=O)NC(CC(C)C)C(=O)N[C@@H](C(C)C)C(=O)N[C@@H](CC(=O)O)C(=O)N[C@H](CC(C)C)C(=O)N[C@@H](C(C)C)C(=O)O1. The van der Waals surface area contributed by atoms with Gasteiger partial charge in [-0.1, -0.05) is 115 Å². The third kappa shape index (κ3) is 24.5. The highest BCUT2D eigenvalue weighted by atomic mass is 16.5. The molecule has 20 heteroatoms. The average molecular weight is 994 g/mol. The number of hydrogen-bond acceptors (Lipinski definition) is 11. The van der Waals surface area contributed by atoms with Crippen LogP contribution in [0.4, 0.5) is 0 Å². The molecule has 0 radical (unpaired) electrons. The van der Waals surface area contributed by atoms with E-state index < -0.39 is 139 Å². The lowest BCUT2D eigenvalue weighted by atomic mass is 9.98. The van der Waals surface area contributed by atoms with Gasteiger partial charge in [0.15, 0.2) is 0 Å². The van der Waals surface area contributed by atoms with Gasteiger partial charge in [-0.25, -0.2) is 4.79 Å². The van der Waals surface area contributed by atoms with Crippen LogP contribution >= 0.6 is 0 Å². The van der Waals surface area contributed by atoms with Gasteiger partial charge in [-0.05, 0) is 74.0 Å². The lowest BCUT2D eigenvalue weighted by molar-refractivity contribution is -0.156. The first-order valence-corrected chi connectivity index (χ1v) is 25.4. The summed E-state index contributed by atoms with van der Waals surface area (Å²) in [7, 11) is 0. The highest BCUT2D eigenvalue weighted by Gasteiger charge is 2.37. The molecule has 70 heavy (non-hydrogen) atoms. The second kappa shape index (κ2) is 31.8. The van der Waals surface area contributed by atoms with E-state index in [-0.39, 0.29) is 49.9 Å². The summed E-state index contributed by atoms with van der Waals surface area (Å²) in [5.41, 5.74) is 0. The molecule has 0 bridgehead atoms. The number of unbranched alkanes of at least 4 members (excludes halogenated alkanes) is 3. The maximum atomic E-state index is 14.1. The number of esters is 1. The van der Waals surface area contributed by atoms with E-state index in [0.29, 0.717) is 12.3 Å². The second-order valence-electron chi connectivity index (χ2n) is 21.0. The molecule has 0 spiro atoms. The second-order valence-corrected chi connectivity index (χ2v) is 21.0. The Bertz CT molecular complexity index is 1750. The van der Waals surface area contributed by atoms with Crippen LogP contribution in [0, 0.1) is 35.5 Å². The molecule has 3 unspecified atom stereocenters. The maximum absolute atomic E-state index is 14.1. The third-order valence-corrected chi connectivity index (χ3v) is 12.2. The highest BCUT2D eigenvalue weighted by Crippen LogP contribution is 2.19. The minimum Gasteiger partial charge on any atom is -0.481 e. The zero-order chi connectivity index (χ0) is 53.4. The van der Waals surface area contributed by atoms with Gasteiger partial charge in [0.1, 0.15) is 48.4 Å². The van der Waals surface area contributed by atoms with Crippen LogP contribution in [0.25, 0.3) is 0 Å². The standard InChI is InChI=1S/C50H87N7O13/c1-13-32(12)18-16-14-15-17-19-33-25-39(58)51-34(20-21-40(59)60)44(63)52-35(22-27(2)3)45(64)53-36(23-28(4)5)47(66)56-42(30(8)9)49(68)55-38(26-41(61)62)46(65)54-37(24-29(6)7)48(67)57-43(31(10)11)50(69)70-33/h27-38,42-43H,13-26H2,1-12H3,(H,51,58)(H,52,63)(H,53,64)(H,54,65)(H,55,68)(H,56,66)(H,57,67)(H,59,60)(H,61,62)/t32?,33?,34-,35+,36?,37-,38+,42+,43+/m1/s1. The van der Waals surface area contributed by atoms with Crippen LogP contribution in [0.2, 0.25) is 0 Å². The van der Waals surface area contributed by atoms with Gasteiger partial charge >= 0.3 is 17.9 Å². The molecule has 20 nitrogen and oxygen atoms in total. The zero-order valence-electron chi connectivity index (χ0n) is 43.9. The van der Waals surface area contributed by atoms with E-state index in [4.69, 9.17) is 4.74 Å². The summed E-state index contributed by atoms with van der Waals surface area (Å²) in [4.78, 5) is 136. The van der Waals surface area contributed by atoms with Crippen LogP contribution in [0.1, 0.15) is 173 Å². The Hall–Kier alpha value is -5.30. The number of hydrogen-bond donors (Lipinski definition) is 9. The van der Waals surface area contributed by atoms with Crippen LogP contribution in [-0.2, 0) is 52.7 Å². The van der Waals surface area contributed by atoms with Crippen molar-refractivity contribution in [2.75, 3.05) is 0 Å². The quantitative estimate of drug-likeness (QED) is 0.0584. The van der Waals surface area contributed by atoms with Crippen molar-refractivity contribution >= 4 is 59.3 Å². The number of amides is 7. The van der Waals surface area contributed by atoms with Crippen molar-refractivity contribution in [2.24, 2.45) is 35.5 Å². The molecule has 0 aromatic carbocycles. The fourth-order valence-electron chi connectivity index (χ4n) is 7.97. The molecule has 1 aliphatic rings. The summed E-state index contributed by atoms with van der Waals surface area (Å²) >= 11 is 0. The first-order valence-electron chi connectivity index (χ1n) is 25.4. The number of ether oxygens (including phenoxy) is 1. The first-order chi connectivity index (χ1) is 32.6. The van der Waals surface area contributed by atoms with Crippen molar-refractivity contribution in [3.8, 4) is 0 Å². The summed E-state index contributed by atoms with van der Waals surface area (Å²) in [6.07, 6.45) is 2.45. The Morgan fingerprint density at radius 1 is 0.514 bits per heavy atom. The summed E-state index contributed by atoms with van der Waals surface area (Å²) < 4.78 is 5.98. The van der Waals surface area contributed by atoms with Gasteiger partial charge < -0.3 is 52.2 Å². The molecule has 9 N–H and O–H groups in total. The molecule has 7 amide bonds. The van der Waals surface area contributed by atoms with E-state index in [9.17, 15) is 58.2 Å². The zero-order valence-corrected chi connectivity index (χ0v) is 43.9. The molecule has 0 aliphatic carbocycles. The Balaban J connectivity index is 3.98. The number of aliphatic carboxylic acids is 2. The molecule has 1 heterocycles. The molecule has 1 saturated heterocycles. The lowest BCUT2D eigenvalue weighted by Gasteiger charge is -2.29. The Morgan fingerprint density at radius 3 is 1.39 bits per heavy atom. The summed E-state index contributed by atoms with van der Waals surface area (Å²) in [6, 6.07) is -9.67. The molecule has 1 aliphatic heterocycles. The van der Waals surface area contributed by atoms with E-state index in [1.807, 2.05) is 0 Å². The van der Waals surface area contributed by atoms with Crippen LogP contribution in [0.3, 0.4) is 0 Å². The topological polar surface area (TPSA) is 305 Å². The van der Waals surface area contributed by atoms with Crippen LogP contribution in [-0.4, -0.2) is 118 Å². The molecule has 0 aromatic heterocycles. The van der Waals surface area contributed by atoms with Crippen LogP contribution in [0.5, 0.6) is 0 Å². The van der Waals surface area contributed by atoms with E-state index in [1.54, 1.807) is 69.2 Å². The van der Waals surface area contributed by atoms with Crippen LogP contribution < -0.4 is 37.2 Å². The maximum Gasteiger partial charge on any atom is 0.329 e. The summed E-state index contributed by atoms with van der Waals surface area (Å²) in [5, 5.41) is 37.7.